The molecular weight excluding hydrogens is 292 g/mol. The van der Waals surface area contributed by atoms with Gasteiger partial charge in [0.05, 0.1) is 12.7 Å². The highest BCUT2D eigenvalue weighted by atomic mass is 79.9. The molecule has 0 amide bonds. The van der Waals surface area contributed by atoms with Crippen LogP contribution >= 0.6 is 15.9 Å². The minimum absolute atomic E-state index is 0.339. The Morgan fingerprint density at radius 1 is 1.50 bits per heavy atom. The molecule has 1 unspecified atom stereocenters. The molecular formula is C14H21BrN2O. The maximum Gasteiger partial charge on any atom is 0.0826 e. The molecule has 0 saturated carbocycles. The van der Waals surface area contributed by atoms with Crippen LogP contribution in [0.25, 0.3) is 0 Å². The molecule has 1 aromatic carbocycles. The zero-order valence-corrected chi connectivity index (χ0v) is 12.4. The van der Waals surface area contributed by atoms with Crippen LogP contribution in [0.15, 0.2) is 28.7 Å². The van der Waals surface area contributed by atoms with Crippen LogP contribution in [0.5, 0.6) is 0 Å². The van der Waals surface area contributed by atoms with E-state index in [9.17, 15) is 0 Å². The highest BCUT2D eigenvalue weighted by Crippen LogP contribution is 2.12. The van der Waals surface area contributed by atoms with Gasteiger partial charge in [0.1, 0.15) is 0 Å². The summed E-state index contributed by atoms with van der Waals surface area (Å²) in [6.07, 6.45) is 1.42. The first-order valence-electron chi connectivity index (χ1n) is 6.49. The van der Waals surface area contributed by atoms with Crippen LogP contribution in [0.1, 0.15) is 5.56 Å². The number of benzene rings is 1. The number of hydrogen-bond acceptors (Lipinski definition) is 3. The molecule has 4 heteroatoms. The van der Waals surface area contributed by atoms with Gasteiger partial charge in [0.25, 0.3) is 0 Å². The van der Waals surface area contributed by atoms with Crippen molar-refractivity contribution in [3.05, 3.63) is 34.3 Å². The fourth-order valence-corrected chi connectivity index (χ4v) is 2.63. The van der Waals surface area contributed by atoms with Gasteiger partial charge in [0.2, 0.25) is 0 Å². The summed E-state index contributed by atoms with van der Waals surface area (Å²) in [4.78, 5) is 2.35. The number of halogens is 1. The summed E-state index contributed by atoms with van der Waals surface area (Å²) in [7, 11) is 2.16. The standard InChI is InChI=1S/C14H21BrN2O/c1-17(11-14-10-16-6-8-18-14)7-5-12-3-2-4-13(15)9-12/h2-4,9,14,16H,5-8,10-11H2,1H3. The van der Waals surface area contributed by atoms with E-state index in [1.54, 1.807) is 0 Å². The zero-order chi connectivity index (χ0) is 12.8. The summed E-state index contributed by atoms with van der Waals surface area (Å²) in [5.74, 6) is 0. The monoisotopic (exact) mass is 312 g/mol. The summed E-state index contributed by atoms with van der Waals surface area (Å²) in [5, 5.41) is 3.36. The lowest BCUT2D eigenvalue weighted by Gasteiger charge is -2.28. The van der Waals surface area contributed by atoms with E-state index < -0.39 is 0 Å². The van der Waals surface area contributed by atoms with Gasteiger partial charge in [0, 0.05) is 30.7 Å². The molecule has 1 heterocycles. The average Bonchev–Trinajstić information content (AvgIpc) is 2.38. The van der Waals surface area contributed by atoms with E-state index in [2.05, 4.69) is 57.5 Å². The zero-order valence-electron chi connectivity index (χ0n) is 10.9. The van der Waals surface area contributed by atoms with Gasteiger partial charge >= 0.3 is 0 Å². The first kappa shape index (κ1) is 14.0. The van der Waals surface area contributed by atoms with Crippen molar-refractivity contribution in [2.24, 2.45) is 0 Å². The molecule has 100 valence electrons. The van der Waals surface area contributed by atoms with Crippen molar-refractivity contribution >= 4 is 15.9 Å². The Hall–Kier alpha value is -0.420. The van der Waals surface area contributed by atoms with Crippen molar-refractivity contribution in [2.75, 3.05) is 39.8 Å². The van der Waals surface area contributed by atoms with Crippen LogP contribution in [0.4, 0.5) is 0 Å². The van der Waals surface area contributed by atoms with E-state index in [0.29, 0.717) is 6.10 Å². The molecule has 3 nitrogen and oxygen atoms in total. The van der Waals surface area contributed by atoms with Crippen molar-refractivity contribution in [1.82, 2.24) is 10.2 Å². The molecule has 1 N–H and O–H groups in total. The summed E-state index contributed by atoms with van der Waals surface area (Å²) in [5.41, 5.74) is 1.37. The van der Waals surface area contributed by atoms with E-state index in [4.69, 9.17) is 4.74 Å². The van der Waals surface area contributed by atoms with Gasteiger partial charge in [-0.1, -0.05) is 28.1 Å². The van der Waals surface area contributed by atoms with Crippen molar-refractivity contribution in [1.29, 1.82) is 0 Å². The molecule has 0 aromatic heterocycles. The van der Waals surface area contributed by atoms with Crippen LogP contribution in [0.2, 0.25) is 0 Å². The minimum atomic E-state index is 0.339. The van der Waals surface area contributed by atoms with Crippen LogP contribution in [0, 0.1) is 0 Å². The molecule has 2 rings (SSSR count). The third-order valence-corrected chi connectivity index (χ3v) is 3.68. The molecule has 0 aliphatic carbocycles. The second-order valence-corrected chi connectivity index (χ2v) is 5.75. The Morgan fingerprint density at radius 3 is 3.11 bits per heavy atom. The molecule has 0 bridgehead atoms. The highest BCUT2D eigenvalue weighted by Gasteiger charge is 2.15. The molecule has 0 radical (unpaired) electrons. The Balaban J connectivity index is 1.72. The van der Waals surface area contributed by atoms with Crippen LogP contribution in [-0.2, 0) is 11.2 Å². The number of nitrogens with zero attached hydrogens (tertiary/aromatic N) is 1. The second kappa shape index (κ2) is 7.24. The van der Waals surface area contributed by atoms with Crippen LogP contribution in [-0.4, -0.2) is 50.8 Å². The van der Waals surface area contributed by atoms with Crippen molar-refractivity contribution in [3.63, 3.8) is 0 Å². The maximum absolute atomic E-state index is 5.71. The Bertz CT molecular complexity index is 367. The number of rotatable bonds is 5. The molecule has 1 fully saturated rings. The summed E-state index contributed by atoms with van der Waals surface area (Å²) >= 11 is 3.51. The summed E-state index contributed by atoms with van der Waals surface area (Å²) in [6, 6.07) is 8.52. The van der Waals surface area contributed by atoms with Crippen LogP contribution < -0.4 is 5.32 Å². The second-order valence-electron chi connectivity index (χ2n) is 4.84. The quantitative estimate of drug-likeness (QED) is 0.899. The first-order valence-corrected chi connectivity index (χ1v) is 7.28. The maximum atomic E-state index is 5.71. The normalized spacial score (nSPS) is 20.3. The van der Waals surface area contributed by atoms with E-state index >= 15 is 0 Å². The Morgan fingerprint density at radius 2 is 2.39 bits per heavy atom. The number of ether oxygens (including phenoxy) is 1. The fraction of sp³-hybridized carbons (Fsp3) is 0.571. The lowest BCUT2D eigenvalue weighted by atomic mass is 10.1. The molecule has 18 heavy (non-hydrogen) atoms. The average molecular weight is 313 g/mol. The number of likely N-dealkylation sites (N-methyl/N-ethyl adjacent to an activating group) is 1. The molecule has 1 atom stereocenters. The number of morpholine rings is 1. The van der Waals surface area contributed by atoms with Gasteiger partial charge in [0.15, 0.2) is 0 Å². The molecule has 1 aromatic rings. The molecule has 1 aliphatic heterocycles. The Kier molecular flexibility index (Phi) is 5.63. The minimum Gasteiger partial charge on any atom is -0.374 e. The van der Waals surface area contributed by atoms with Crippen molar-refractivity contribution in [3.8, 4) is 0 Å². The number of hydrogen-bond donors (Lipinski definition) is 1. The van der Waals surface area contributed by atoms with E-state index in [1.165, 1.54) is 5.56 Å². The lowest BCUT2D eigenvalue weighted by molar-refractivity contribution is 0.0103. The molecule has 1 aliphatic rings. The molecule has 1 saturated heterocycles. The van der Waals surface area contributed by atoms with Gasteiger partial charge in [-0.25, -0.2) is 0 Å². The predicted octanol–water partition coefficient (Wildman–Crippen LogP) is 1.91. The lowest BCUT2D eigenvalue weighted by Crippen LogP contribution is -2.44. The largest absolute Gasteiger partial charge is 0.374 e. The fourth-order valence-electron chi connectivity index (χ4n) is 2.19. The van der Waals surface area contributed by atoms with E-state index in [0.717, 1.165) is 43.7 Å². The number of nitrogens with one attached hydrogen (secondary N) is 1. The highest BCUT2D eigenvalue weighted by molar-refractivity contribution is 9.10. The van der Waals surface area contributed by atoms with Gasteiger partial charge in [-0.3, -0.25) is 0 Å². The van der Waals surface area contributed by atoms with Gasteiger partial charge in [-0.15, -0.1) is 0 Å². The third-order valence-electron chi connectivity index (χ3n) is 3.19. The van der Waals surface area contributed by atoms with Gasteiger partial charge in [-0.05, 0) is 31.2 Å². The third kappa shape index (κ3) is 4.69. The van der Waals surface area contributed by atoms with Crippen molar-refractivity contribution in [2.45, 2.75) is 12.5 Å². The van der Waals surface area contributed by atoms with Gasteiger partial charge < -0.3 is 15.0 Å². The van der Waals surface area contributed by atoms with E-state index in [-0.39, 0.29) is 0 Å². The van der Waals surface area contributed by atoms with E-state index in [1.807, 2.05) is 0 Å². The summed E-state index contributed by atoms with van der Waals surface area (Å²) < 4.78 is 6.86. The Labute approximate surface area is 118 Å². The summed E-state index contributed by atoms with van der Waals surface area (Å²) in [6.45, 7) is 4.86. The van der Waals surface area contributed by atoms with Crippen molar-refractivity contribution < 1.29 is 4.74 Å². The SMILES string of the molecule is CN(CCc1cccc(Br)c1)CC1CNCCO1. The molecule has 0 spiro atoms. The smallest absolute Gasteiger partial charge is 0.0826 e. The van der Waals surface area contributed by atoms with Crippen LogP contribution in [0.3, 0.4) is 0 Å². The predicted molar refractivity (Wildman–Crippen MR) is 78.0 cm³/mol. The first-order chi connectivity index (χ1) is 8.74. The topological polar surface area (TPSA) is 24.5 Å². The van der Waals surface area contributed by atoms with Gasteiger partial charge in [-0.2, -0.15) is 0 Å².